The lowest BCUT2D eigenvalue weighted by Gasteiger charge is -2.26. The summed E-state index contributed by atoms with van der Waals surface area (Å²) >= 11 is 0. The number of aromatic amines is 1. The molecule has 0 spiro atoms. The lowest BCUT2D eigenvalue weighted by molar-refractivity contribution is 0.245. The third-order valence-corrected chi connectivity index (χ3v) is 4.02. The van der Waals surface area contributed by atoms with Gasteiger partial charge in [0.1, 0.15) is 5.69 Å². The second kappa shape index (κ2) is 5.22. The predicted molar refractivity (Wildman–Crippen MR) is 80.5 cm³/mol. The van der Waals surface area contributed by atoms with Gasteiger partial charge in [0, 0.05) is 37.3 Å². The molecule has 4 nitrogen and oxygen atoms in total. The number of nitrogens with zero attached hydrogens (tertiary/aromatic N) is 2. The van der Waals surface area contributed by atoms with E-state index in [2.05, 4.69) is 45.4 Å². The molecule has 106 valence electrons. The molecule has 1 aliphatic heterocycles. The van der Waals surface area contributed by atoms with Crippen molar-refractivity contribution >= 4 is 0 Å². The third kappa shape index (κ3) is 2.38. The number of fused-ring (bicyclic) bond motifs is 1. The number of rotatable bonds is 3. The first-order valence-electron chi connectivity index (χ1n) is 7.26. The van der Waals surface area contributed by atoms with Crippen molar-refractivity contribution in [1.29, 1.82) is 0 Å². The largest absolute Gasteiger partial charge is 0.463 e. The Balaban J connectivity index is 1.58. The van der Waals surface area contributed by atoms with Gasteiger partial charge in [-0.05, 0) is 17.7 Å². The lowest BCUT2D eigenvalue weighted by atomic mass is 10.0. The highest BCUT2D eigenvalue weighted by molar-refractivity contribution is 5.58. The molecule has 2 aromatic heterocycles. The molecule has 3 aromatic rings. The van der Waals surface area contributed by atoms with Gasteiger partial charge in [-0.1, -0.05) is 30.3 Å². The Kier molecular flexibility index (Phi) is 3.09. The van der Waals surface area contributed by atoms with Gasteiger partial charge in [0.05, 0.1) is 6.26 Å². The van der Waals surface area contributed by atoms with Crippen molar-refractivity contribution in [2.45, 2.75) is 19.5 Å². The van der Waals surface area contributed by atoms with Crippen molar-refractivity contribution < 1.29 is 4.42 Å². The molecule has 0 amide bonds. The maximum atomic E-state index is 5.50. The van der Waals surface area contributed by atoms with Crippen LogP contribution in [0.1, 0.15) is 16.8 Å². The monoisotopic (exact) mass is 279 g/mol. The van der Waals surface area contributed by atoms with Crippen molar-refractivity contribution in [2.24, 2.45) is 0 Å². The Hall–Kier alpha value is -2.33. The molecule has 0 bridgehead atoms. The van der Waals surface area contributed by atoms with Gasteiger partial charge in [-0.25, -0.2) is 0 Å². The molecular formula is C17H17N3O. The Bertz CT molecular complexity index is 716. The lowest BCUT2D eigenvalue weighted by Crippen LogP contribution is -2.29. The normalized spacial score (nSPS) is 15.0. The van der Waals surface area contributed by atoms with Crippen LogP contribution in [0.5, 0.6) is 0 Å². The summed E-state index contributed by atoms with van der Waals surface area (Å²) in [6, 6.07) is 14.5. The van der Waals surface area contributed by atoms with Gasteiger partial charge in [0.2, 0.25) is 0 Å². The number of hydrogen-bond acceptors (Lipinski definition) is 3. The number of nitrogens with one attached hydrogen (secondary N) is 1. The molecule has 0 saturated heterocycles. The molecule has 1 N–H and O–H groups in total. The zero-order valence-corrected chi connectivity index (χ0v) is 11.7. The Morgan fingerprint density at radius 1 is 1.14 bits per heavy atom. The van der Waals surface area contributed by atoms with Crippen LogP contribution < -0.4 is 0 Å². The summed E-state index contributed by atoms with van der Waals surface area (Å²) < 4.78 is 5.50. The van der Waals surface area contributed by atoms with Crippen molar-refractivity contribution in [3.63, 3.8) is 0 Å². The minimum absolute atomic E-state index is 0.842. The molecule has 0 unspecified atom stereocenters. The summed E-state index contributed by atoms with van der Waals surface area (Å²) in [6.07, 6.45) is 2.71. The molecule has 1 aromatic carbocycles. The van der Waals surface area contributed by atoms with Gasteiger partial charge in [0.15, 0.2) is 5.76 Å². The SMILES string of the molecule is c1ccc(CN2CCc3[nH]nc(-c4ccco4)c3C2)cc1. The number of aromatic nitrogens is 2. The van der Waals surface area contributed by atoms with Crippen LogP contribution in [0.15, 0.2) is 53.1 Å². The molecule has 3 heterocycles. The van der Waals surface area contributed by atoms with Crippen LogP contribution in [0.2, 0.25) is 0 Å². The van der Waals surface area contributed by atoms with E-state index in [9.17, 15) is 0 Å². The van der Waals surface area contributed by atoms with Gasteiger partial charge >= 0.3 is 0 Å². The van der Waals surface area contributed by atoms with Crippen LogP contribution in [0.25, 0.3) is 11.5 Å². The van der Waals surface area contributed by atoms with E-state index in [1.165, 1.54) is 16.8 Å². The third-order valence-electron chi connectivity index (χ3n) is 4.02. The zero-order valence-electron chi connectivity index (χ0n) is 11.7. The minimum Gasteiger partial charge on any atom is -0.463 e. The van der Waals surface area contributed by atoms with Gasteiger partial charge in [-0.2, -0.15) is 5.10 Å². The summed E-state index contributed by atoms with van der Waals surface area (Å²) in [5.41, 5.74) is 4.81. The van der Waals surface area contributed by atoms with Crippen molar-refractivity contribution in [2.75, 3.05) is 6.54 Å². The predicted octanol–water partition coefficient (Wildman–Crippen LogP) is 3.23. The summed E-state index contributed by atoms with van der Waals surface area (Å²) in [5, 5.41) is 7.60. The minimum atomic E-state index is 0.842. The van der Waals surface area contributed by atoms with Crippen LogP contribution >= 0.6 is 0 Å². The molecule has 4 heteroatoms. The van der Waals surface area contributed by atoms with Crippen molar-refractivity contribution in [3.05, 3.63) is 65.5 Å². The summed E-state index contributed by atoms with van der Waals surface area (Å²) in [5.74, 6) is 0.842. The molecule has 0 aliphatic carbocycles. The second-order valence-electron chi connectivity index (χ2n) is 5.45. The standard InChI is InChI=1S/C17H17N3O/c1-2-5-13(6-3-1)11-20-9-8-15-14(12-20)17(19-18-15)16-7-4-10-21-16/h1-7,10H,8-9,11-12H2,(H,18,19). The van der Waals surface area contributed by atoms with Crippen LogP contribution in [0.4, 0.5) is 0 Å². The Labute approximate surface area is 123 Å². The fourth-order valence-corrected chi connectivity index (χ4v) is 2.94. The first-order valence-corrected chi connectivity index (χ1v) is 7.26. The van der Waals surface area contributed by atoms with Gasteiger partial charge in [-0.15, -0.1) is 0 Å². The number of furan rings is 1. The summed E-state index contributed by atoms with van der Waals surface area (Å²) in [6.45, 7) is 2.95. The zero-order chi connectivity index (χ0) is 14.1. The molecular weight excluding hydrogens is 262 g/mol. The first kappa shape index (κ1) is 12.4. The Morgan fingerprint density at radius 2 is 2.05 bits per heavy atom. The summed E-state index contributed by atoms with van der Waals surface area (Å²) in [4.78, 5) is 2.46. The number of benzene rings is 1. The van der Waals surface area contributed by atoms with Gasteiger partial charge < -0.3 is 4.42 Å². The van der Waals surface area contributed by atoms with E-state index in [1.54, 1.807) is 6.26 Å². The van der Waals surface area contributed by atoms with Crippen LogP contribution in [-0.2, 0) is 19.5 Å². The smallest absolute Gasteiger partial charge is 0.154 e. The van der Waals surface area contributed by atoms with E-state index in [0.29, 0.717) is 0 Å². The topological polar surface area (TPSA) is 45.1 Å². The van der Waals surface area contributed by atoms with E-state index < -0.39 is 0 Å². The average molecular weight is 279 g/mol. The van der Waals surface area contributed by atoms with Crippen LogP contribution in [0, 0.1) is 0 Å². The molecule has 0 atom stereocenters. The molecule has 1 aliphatic rings. The van der Waals surface area contributed by atoms with E-state index >= 15 is 0 Å². The molecule has 0 fully saturated rings. The van der Waals surface area contributed by atoms with Crippen molar-refractivity contribution in [1.82, 2.24) is 15.1 Å². The van der Waals surface area contributed by atoms with E-state index in [1.807, 2.05) is 12.1 Å². The maximum Gasteiger partial charge on any atom is 0.154 e. The number of hydrogen-bond donors (Lipinski definition) is 1. The van der Waals surface area contributed by atoms with Crippen LogP contribution in [0.3, 0.4) is 0 Å². The average Bonchev–Trinajstić information content (AvgIpc) is 3.16. The van der Waals surface area contributed by atoms with E-state index in [0.717, 1.165) is 37.5 Å². The Morgan fingerprint density at radius 3 is 2.86 bits per heavy atom. The fourth-order valence-electron chi connectivity index (χ4n) is 2.94. The van der Waals surface area contributed by atoms with E-state index in [4.69, 9.17) is 4.42 Å². The highest BCUT2D eigenvalue weighted by Crippen LogP contribution is 2.29. The molecule has 4 rings (SSSR count). The molecule has 0 saturated carbocycles. The fraction of sp³-hybridized carbons (Fsp3) is 0.235. The molecule has 21 heavy (non-hydrogen) atoms. The maximum absolute atomic E-state index is 5.50. The molecule has 0 radical (unpaired) electrons. The number of H-pyrrole nitrogens is 1. The second-order valence-corrected chi connectivity index (χ2v) is 5.45. The van der Waals surface area contributed by atoms with Crippen LogP contribution in [-0.4, -0.2) is 21.6 Å². The van der Waals surface area contributed by atoms with Gasteiger partial charge in [-0.3, -0.25) is 10.00 Å². The van der Waals surface area contributed by atoms with Crippen molar-refractivity contribution in [3.8, 4) is 11.5 Å². The highest BCUT2D eigenvalue weighted by atomic mass is 16.3. The highest BCUT2D eigenvalue weighted by Gasteiger charge is 2.23. The summed E-state index contributed by atoms with van der Waals surface area (Å²) in [7, 11) is 0. The first-order chi connectivity index (χ1) is 10.4. The quantitative estimate of drug-likeness (QED) is 0.800. The van der Waals surface area contributed by atoms with Gasteiger partial charge in [0.25, 0.3) is 0 Å². The van der Waals surface area contributed by atoms with E-state index in [-0.39, 0.29) is 0 Å².